The van der Waals surface area contributed by atoms with Crippen molar-refractivity contribution in [2.45, 2.75) is 32.3 Å². The van der Waals surface area contributed by atoms with Gasteiger partial charge in [0.15, 0.2) is 0 Å². The van der Waals surface area contributed by atoms with Crippen LogP contribution in [0.4, 0.5) is 11.8 Å². The van der Waals surface area contributed by atoms with Crippen LogP contribution in [0, 0.1) is 0 Å². The molecule has 0 atom stereocenters. The van der Waals surface area contributed by atoms with Gasteiger partial charge in [0, 0.05) is 12.7 Å². The molecule has 0 saturated heterocycles. The van der Waals surface area contributed by atoms with Gasteiger partial charge in [0.05, 0.1) is 10.1 Å². The monoisotopic (exact) mass is 288 g/mol. The van der Waals surface area contributed by atoms with Gasteiger partial charge in [-0.2, -0.15) is 4.98 Å². The summed E-state index contributed by atoms with van der Waals surface area (Å²) >= 11 is 3.32. The maximum atomic E-state index is 10.1. The minimum Gasteiger partial charge on any atom is -0.388 e. The predicted octanol–water partition coefficient (Wildman–Crippen LogP) is 1.78. The van der Waals surface area contributed by atoms with Crippen LogP contribution >= 0.6 is 15.9 Å². The predicted molar refractivity (Wildman–Crippen MR) is 68.2 cm³/mol. The van der Waals surface area contributed by atoms with Crippen molar-refractivity contribution in [1.29, 1.82) is 0 Å². The van der Waals surface area contributed by atoms with Gasteiger partial charge < -0.3 is 16.2 Å². The van der Waals surface area contributed by atoms with Crippen LogP contribution in [-0.2, 0) is 0 Å². The highest BCUT2D eigenvalue weighted by Gasteiger charge is 2.22. The van der Waals surface area contributed by atoms with Crippen molar-refractivity contribution < 1.29 is 5.11 Å². The highest BCUT2D eigenvalue weighted by atomic mass is 79.9. The lowest BCUT2D eigenvalue weighted by Crippen LogP contribution is -2.35. The van der Waals surface area contributed by atoms with E-state index in [9.17, 15) is 5.11 Å². The molecule has 6 heteroatoms. The molecule has 4 N–H and O–H groups in total. The molecule has 0 saturated carbocycles. The van der Waals surface area contributed by atoms with E-state index in [4.69, 9.17) is 5.73 Å². The largest absolute Gasteiger partial charge is 0.388 e. The van der Waals surface area contributed by atoms with E-state index in [-0.39, 0.29) is 5.95 Å². The molecule has 16 heavy (non-hydrogen) atoms. The van der Waals surface area contributed by atoms with Crippen molar-refractivity contribution in [3.8, 4) is 0 Å². The number of nitrogen functional groups attached to an aromatic ring is 1. The first-order valence-electron chi connectivity index (χ1n) is 5.25. The van der Waals surface area contributed by atoms with Crippen molar-refractivity contribution in [3.63, 3.8) is 0 Å². The topological polar surface area (TPSA) is 84.1 Å². The van der Waals surface area contributed by atoms with Gasteiger partial charge >= 0.3 is 0 Å². The summed E-state index contributed by atoms with van der Waals surface area (Å²) in [5, 5.41) is 13.2. The number of aliphatic hydroxyl groups is 1. The number of halogens is 1. The average Bonchev–Trinajstić information content (AvgIpc) is 2.30. The summed E-state index contributed by atoms with van der Waals surface area (Å²) in [4.78, 5) is 7.88. The van der Waals surface area contributed by atoms with Gasteiger partial charge in [-0.05, 0) is 28.8 Å². The second-order valence-corrected chi connectivity index (χ2v) is 4.56. The molecule has 0 aliphatic carbocycles. The second kappa shape index (κ2) is 5.45. The Morgan fingerprint density at radius 3 is 2.69 bits per heavy atom. The Balaban J connectivity index is 2.70. The van der Waals surface area contributed by atoms with E-state index in [0.717, 1.165) is 4.47 Å². The highest BCUT2D eigenvalue weighted by molar-refractivity contribution is 9.10. The average molecular weight is 289 g/mol. The smallest absolute Gasteiger partial charge is 0.221 e. The van der Waals surface area contributed by atoms with Gasteiger partial charge in [-0.3, -0.25) is 0 Å². The maximum absolute atomic E-state index is 10.1. The highest BCUT2D eigenvalue weighted by Crippen LogP contribution is 2.21. The molecule has 0 aliphatic rings. The number of nitrogens with one attached hydrogen (secondary N) is 1. The number of hydrogen-bond donors (Lipinski definition) is 3. The van der Waals surface area contributed by atoms with Gasteiger partial charge in [-0.1, -0.05) is 13.8 Å². The fourth-order valence-electron chi connectivity index (χ4n) is 1.25. The zero-order valence-corrected chi connectivity index (χ0v) is 11.1. The van der Waals surface area contributed by atoms with Crippen LogP contribution in [0.25, 0.3) is 0 Å². The van der Waals surface area contributed by atoms with Crippen molar-refractivity contribution in [2.24, 2.45) is 0 Å². The van der Waals surface area contributed by atoms with E-state index in [1.54, 1.807) is 6.20 Å². The Morgan fingerprint density at radius 2 is 2.12 bits per heavy atom. The van der Waals surface area contributed by atoms with Crippen molar-refractivity contribution in [2.75, 3.05) is 17.6 Å². The van der Waals surface area contributed by atoms with E-state index in [0.29, 0.717) is 25.2 Å². The number of rotatable bonds is 5. The number of nitrogens with two attached hydrogens (primary N) is 1. The molecule has 0 aromatic carbocycles. The summed E-state index contributed by atoms with van der Waals surface area (Å²) in [7, 11) is 0. The van der Waals surface area contributed by atoms with Gasteiger partial charge in [-0.25, -0.2) is 4.98 Å². The number of anilines is 2. The maximum Gasteiger partial charge on any atom is 0.221 e. The lowest BCUT2D eigenvalue weighted by molar-refractivity contribution is 0.0456. The van der Waals surface area contributed by atoms with Crippen LogP contribution in [-0.4, -0.2) is 27.2 Å². The summed E-state index contributed by atoms with van der Waals surface area (Å²) in [6.07, 6.45) is 2.96. The molecule has 0 amide bonds. The number of nitrogens with zero attached hydrogens (tertiary/aromatic N) is 2. The fourth-order valence-corrected chi connectivity index (χ4v) is 1.58. The molecule has 1 heterocycles. The van der Waals surface area contributed by atoms with Crippen LogP contribution in [0.5, 0.6) is 0 Å². The van der Waals surface area contributed by atoms with Crippen LogP contribution in [0.15, 0.2) is 10.7 Å². The summed E-state index contributed by atoms with van der Waals surface area (Å²) in [6.45, 7) is 4.35. The van der Waals surface area contributed by atoms with Gasteiger partial charge in [0.25, 0.3) is 0 Å². The van der Waals surface area contributed by atoms with Crippen LogP contribution in [0.2, 0.25) is 0 Å². The van der Waals surface area contributed by atoms with Crippen LogP contribution in [0.3, 0.4) is 0 Å². The second-order valence-electron chi connectivity index (χ2n) is 3.71. The summed E-state index contributed by atoms with van der Waals surface area (Å²) in [5.74, 6) is 0.815. The first-order chi connectivity index (χ1) is 7.50. The first-order valence-corrected chi connectivity index (χ1v) is 6.04. The van der Waals surface area contributed by atoms with Crippen LogP contribution < -0.4 is 11.1 Å². The molecule has 0 fully saturated rings. The third-order valence-electron chi connectivity index (χ3n) is 2.66. The normalized spacial score (nSPS) is 11.5. The van der Waals surface area contributed by atoms with Gasteiger partial charge in [0.2, 0.25) is 5.95 Å². The molecule has 0 bridgehead atoms. The van der Waals surface area contributed by atoms with E-state index in [1.165, 1.54) is 0 Å². The molecular formula is C10H17BrN4O. The molecule has 1 rings (SSSR count). The zero-order chi connectivity index (χ0) is 12.2. The molecule has 0 unspecified atom stereocenters. The minimum absolute atomic E-state index is 0.210. The minimum atomic E-state index is -0.709. The standard InChI is InChI=1S/C10H17BrN4O/c1-3-10(16,4-2)6-14-8-7(11)5-13-9(12)15-8/h5,16H,3-4,6H2,1-2H3,(H3,12,13,14,15). The summed E-state index contributed by atoms with van der Waals surface area (Å²) < 4.78 is 0.733. The number of hydrogen-bond acceptors (Lipinski definition) is 5. The molecule has 0 radical (unpaired) electrons. The molecule has 1 aromatic rings. The molecule has 90 valence electrons. The third-order valence-corrected chi connectivity index (χ3v) is 3.24. The molecule has 5 nitrogen and oxygen atoms in total. The van der Waals surface area contributed by atoms with E-state index in [2.05, 4.69) is 31.2 Å². The van der Waals surface area contributed by atoms with Crippen molar-refractivity contribution >= 4 is 27.7 Å². The Labute approximate surface area is 104 Å². The summed E-state index contributed by atoms with van der Waals surface area (Å²) in [6, 6.07) is 0. The Morgan fingerprint density at radius 1 is 1.50 bits per heavy atom. The quantitative estimate of drug-likeness (QED) is 0.769. The fraction of sp³-hybridized carbons (Fsp3) is 0.600. The molecule has 1 aromatic heterocycles. The van der Waals surface area contributed by atoms with E-state index in [1.807, 2.05) is 13.8 Å². The Bertz CT molecular complexity index is 355. The molecule has 0 spiro atoms. The van der Waals surface area contributed by atoms with E-state index >= 15 is 0 Å². The lowest BCUT2D eigenvalue weighted by atomic mass is 9.98. The van der Waals surface area contributed by atoms with Gasteiger partial charge in [-0.15, -0.1) is 0 Å². The van der Waals surface area contributed by atoms with Crippen molar-refractivity contribution in [1.82, 2.24) is 9.97 Å². The lowest BCUT2D eigenvalue weighted by Gasteiger charge is -2.25. The van der Waals surface area contributed by atoms with Gasteiger partial charge in [0.1, 0.15) is 5.82 Å². The molecule has 0 aliphatic heterocycles. The Kier molecular flexibility index (Phi) is 4.49. The molecular weight excluding hydrogens is 272 g/mol. The third kappa shape index (κ3) is 3.31. The SMILES string of the molecule is CCC(O)(CC)CNc1nc(N)ncc1Br. The van der Waals surface area contributed by atoms with E-state index < -0.39 is 5.60 Å². The van der Waals surface area contributed by atoms with Crippen molar-refractivity contribution in [3.05, 3.63) is 10.7 Å². The number of aromatic nitrogens is 2. The zero-order valence-electron chi connectivity index (χ0n) is 9.50. The van der Waals surface area contributed by atoms with Crippen LogP contribution in [0.1, 0.15) is 26.7 Å². The first kappa shape index (κ1) is 13.2. The summed E-state index contributed by atoms with van der Waals surface area (Å²) in [5.41, 5.74) is 4.78. The Hall–Kier alpha value is -0.880.